The molecule has 2 aromatic carbocycles. The van der Waals surface area contributed by atoms with Crippen molar-refractivity contribution in [1.82, 2.24) is 4.90 Å². The third-order valence-corrected chi connectivity index (χ3v) is 5.13. The summed E-state index contributed by atoms with van der Waals surface area (Å²) < 4.78 is 53.4. The van der Waals surface area contributed by atoms with Gasteiger partial charge in [-0.05, 0) is 70.0 Å². The Morgan fingerprint density at radius 3 is 2.25 bits per heavy atom. The summed E-state index contributed by atoms with van der Waals surface area (Å²) in [5.74, 6) is -1.55. The van der Waals surface area contributed by atoms with Crippen molar-refractivity contribution in [2.75, 3.05) is 18.5 Å². The quantitative estimate of drug-likeness (QED) is 0.527. The molecule has 0 unspecified atom stereocenters. The van der Waals surface area contributed by atoms with Gasteiger partial charge in [-0.2, -0.15) is 0 Å². The van der Waals surface area contributed by atoms with Crippen molar-refractivity contribution in [1.29, 1.82) is 0 Å². The van der Waals surface area contributed by atoms with Crippen LogP contribution in [0.1, 0.15) is 44.5 Å². The summed E-state index contributed by atoms with van der Waals surface area (Å²) in [4.78, 5) is 38.3. The van der Waals surface area contributed by atoms with E-state index in [1.54, 1.807) is 27.7 Å². The number of ether oxygens (including phenoxy) is 3. The van der Waals surface area contributed by atoms with Gasteiger partial charge in [-0.15, -0.1) is 13.2 Å². The van der Waals surface area contributed by atoms with Crippen molar-refractivity contribution < 1.29 is 41.8 Å². The van der Waals surface area contributed by atoms with Crippen LogP contribution in [0.2, 0.25) is 0 Å². The Hall–Kier alpha value is -3.76. The summed E-state index contributed by atoms with van der Waals surface area (Å²) in [5.41, 5.74) is 0.0703. The van der Waals surface area contributed by atoms with Crippen LogP contribution in [0.5, 0.6) is 5.75 Å². The standard InChI is InChI=1S/C25H27F3N2O6/c1-5-34-22(32)16-8-6-15(7-9-16)18-14-17(10-11-20(18)35-25(26,27)28)29-21(31)19-12-13-30(19)23(33)36-24(2,3)4/h6-11,14,19H,5,12-13H2,1-4H3,(H,29,31)/t19-/m0/s1. The zero-order chi connectivity index (χ0) is 26.7. The Morgan fingerprint density at radius 2 is 1.72 bits per heavy atom. The molecule has 0 bridgehead atoms. The molecule has 0 spiro atoms. The minimum absolute atomic E-state index is 0.0399. The second-order valence-electron chi connectivity index (χ2n) is 9.02. The maximum atomic E-state index is 13.0. The topological polar surface area (TPSA) is 94.2 Å². The van der Waals surface area contributed by atoms with Crippen molar-refractivity contribution in [3.05, 3.63) is 48.0 Å². The zero-order valence-electron chi connectivity index (χ0n) is 20.3. The highest BCUT2D eigenvalue weighted by molar-refractivity contribution is 5.98. The van der Waals surface area contributed by atoms with Gasteiger partial charge in [0.25, 0.3) is 0 Å². The molecular weight excluding hydrogens is 481 g/mol. The average Bonchev–Trinajstić information content (AvgIpc) is 2.72. The van der Waals surface area contributed by atoms with Crippen molar-refractivity contribution in [3.8, 4) is 16.9 Å². The lowest BCUT2D eigenvalue weighted by Crippen LogP contribution is -2.57. The maximum Gasteiger partial charge on any atom is 0.573 e. The number of likely N-dealkylation sites (tertiary alicyclic amines) is 1. The maximum absolute atomic E-state index is 13.0. The molecule has 36 heavy (non-hydrogen) atoms. The van der Waals surface area contributed by atoms with E-state index in [9.17, 15) is 27.6 Å². The van der Waals surface area contributed by atoms with E-state index in [1.807, 2.05) is 0 Å². The number of hydrogen-bond acceptors (Lipinski definition) is 6. The molecule has 1 N–H and O–H groups in total. The fourth-order valence-corrected chi connectivity index (χ4v) is 3.47. The third-order valence-electron chi connectivity index (χ3n) is 5.13. The molecule has 1 saturated heterocycles. The minimum atomic E-state index is -4.94. The number of alkyl halides is 3. The molecule has 8 nitrogen and oxygen atoms in total. The van der Waals surface area contributed by atoms with E-state index >= 15 is 0 Å². The normalized spacial score (nSPS) is 15.5. The van der Waals surface area contributed by atoms with E-state index in [-0.39, 0.29) is 23.4 Å². The largest absolute Gasteiger partial charge is 0.573 e. The molecule has 1 aliphatic heterocycles. The Bertz CT molecular complexity index is 1130. The number of anilines is 1. The number of halogens is 3. The number of benzene rings is 2. The first-order chi connectivity index (χ1) is 16.8. The highest BCUT2D eigenvalue weighted by Crippen LogP contribution is 2.36. The van der Waals surface area contributed by atoms with Crippen molar-refractivity contribution in [2.24, 2.45) is 0 Å². The number of nitrogens with one attached hydrogen (secondary N) is 1. The van der Waals surface area contributed by atoms with Crippen molar-refractivity contribution in [2.45, 2.75) is 52.1 Å². The monoisotopic (exact) mass is 508 g/mol. The summed E-state index contributed by atoms with van der Waals surface area (Å²) in [6.45, 7) is 7.33. The summed E-state index contributed by atoms with van der Waals surface area (Å²) >= 11 is 0. The molecule has 1 aliphatic rings. The first-order valence-corrected chi connectivity index (χ1v) is 11.3. The predicted molar refractivity (Wildman–Crippen MR) is 124 cm³/mol. The van der Waals surface area contributed by atoms with Crippen LogP contribution in [0.15, 0.2) is 42.5 Å². The van der Waals surface area contributed by atoms with Crippen LogP contribution in [0.4, 0.5) is 23.7 Å². The second-order valence-corrected chi connectivity index (χ2v) is 9.02. The van der Waals surface area contributed by atoms with Crippen LogP contribution in [0.25, 0.3) is 11.1 Å². The number of carbonyl (C=O) groups excluding carboxylic acids is 3. The van der Waals surface area contributed by atoms with E-state index in [4.69, 9.17) is 9.47 Å². The van der Waals surface area contributed by atoms with Crippen LogP contribution < -0.4 is 10.1 Å². The smallest absolute Gasteiger partial charge is 0.462 e. The summed E-state index contributed by atoms with van der Waals surface area (Å²) in [5, 5.41) is 2.64. The highest BCUT2D eigenvalue weighted by atomic mass is 19.4. The molecule has 194 valence electrons. The summed E-state index contributed by atoms with van der Waals surface area (Å²) in [6, 6.07) is 8.66. The molecule has 0 radical (unpaired) electrons. The second kappa shape index (κ2) is 10.5. The average molecular weight is 508 g/mol. The van der Waals surface area contributed by atoms with Crippen LogP contribution in [0, 0.1) is 0 Å². The number of hydrogen-bond donors (Lipinski definition) is 1. The first-order valence-electron chi connectivity index (χ1n) is 11.3. The lowest BCUT2D eigenvalue weighted by molar-refractivity contribution is -0.274. The van der Waals surface area contributed by atoms with Gasteiger partial charge in [0.2, 0.25) is 5.91 Å². The van der Waals surface area contributed by atoms with Gasteiger partial charge >= 0.3 is 18.4 Å². The van der Waals surface area contributed by atoms with Gasteiger partial charge in [-0.25, -0.2) is 9.59 Å². The third kappa shape index (κ3) is 6.89. The summed E-state index contributed by atoms with van der Waals surface area (Å²) in [7, 11) is 0. The van der Waals surface area contributed by atoms with Crippen LogP contribution >= 0.6 is 0 Å². The van der Waals surface area contributed by atoms with Gasteiger partial charge in [0.1, 0.15) is 17.4 Å². The number of rotatable bonds is 6. The predicted octanol–water partition coefficient (Wildman–Crippen LogP) is 5.38. The zero-order valence-corrected chi connectivity index (χ0v) is 20.3. The Balaban J connectivity index is 1.83. The van der Waals surface area contributed by atoms with Gasteiger partial charge in [0.05, 0.1) is 12.2 Å². The van der Waals surface area contributed by atoms with E-state index in [2.05, 4.69) is 10.1 Å². The molecule has 3 rings (SSSR count). The Kier molecular flexibility index (Phi) is 7.80. The molecule has 2 aromatic rings. The van der Waals surface area contributed by atoms with Crippen LogP contribution in [0.3, 0.4) is 0 Å². The molecule has 0 aromatic heterocycles. The lowest BCUT2D eigenvalue weighted by atomic mass is 10.0. The molecule has 1 atom stereocenters. The van der Waals surface area contributed by atoms with Gasteiger partial charge in [0, 0.05) is 17.8 Å². The fraction of sp³-hybridized carbons (Fsp3) is 0.400. The molecular formula is C25H27F3N2O6. The molecule has 2 amide bonds. The SMILES string of the molecule is CCOC(=O)c1ccc(-c2cc(NC(=O)[C@@H]3CCN3C(=O)OC(C)(C)C)ccc2OC(F)(F)F)cc1. The highest BCUT2D eigenvalue weighted by Gasteiger charge is 2.40. The Morgan fingerprint density at radius 1 is 1.06 bits per heavy atom. The van der Waals surface area contributed by atoms with E-state index in [0.29, 0.717) is 18.5 Å². The summed E-state index contributed by atoms with van der Waals surface area (Å²) in [6.07, 6.45) is -5.14. The fourth-order valence-electron chi connectivity index (χ4n) is 3.47. The van der Waals surface area contributed by atoms with Gasteiger partial charge in [-0.3, -0.25) is 9.69 Å². The molecule has 1 fully saturated rings. The first kappa shape index (κ1) is 26.8. The molecule has 0 saturated carbocycles. The van der Waals surface area contributed by atoms with Crippen molar-refractivity contribution >= 4 is 23.7 Å². The van der Waals surface area contributed by atoms with E-state index in [0.717, 1.165) is 6.07 Å². The molecule has 1 heterocycles. The van der Waals surface area contributed by atoms with Crippen molar-refractivity contribution in [3.63, 3.8) is 0 Å². The number of esters is 1. The van der Waals surface area contributed by atoms with Crippen LogP contribution in [-0.4, -0.2) is 54.0 Å². The van der Waals surface area contributed by atoms with Gasteiger partial charge in [0.15, 0.2) is 0 Å². The Labute approximate surface area is 206 Å². The molecule has 11 heteroatoms. The van der Waals surface area contributed by atoms with Crippen LogP contribution in [-0.2, 0) is 14.3 Å². The number of carbonyl (C=O) groups is 3. The van der Waals surface area contributed by atoms with E-state index < -0.39 is 41.7 Å². The number of amides is 2. The van der Waals surface area contributed by atoms with E-state index in [1.165, 1.54) is 41.3 Å². The number of nitrogens with zero attached hydrogens (tertiary/aromatic N) is 1. The molecule has 0 aliphatic carbocycles. The van der Waals surface area contributed by atoms with Gasteiger partial charge in [-0.1, -0.05) is 12.1 Å². The lowest BCUT2D eigenvalue weighted by Gasteiger charge is -2.40. The van der Waals surface area contributed by atoms with Gasteiger partial charge < -0.3 is 19.5 Å². The minimum Gasteiger partial charge on any atom is -0.462 e.